The minimum Gasteiger partial charge on any atom is -0.508 e. The van der Waals surface area contributed by atoms with Gasteiger partial charge >= 0.3 is 6.09 Å². The number of aromatic hydroxyl groups is 1. The van der Waals surface area contributed by atoms with Crippen molar-refractivity contribution in [2.75, 3.05) is 5.32 Å². The van der Waals surface area contributed by atoms with Crippen LogP contribution < -0.4 is 10.6 Å². The number of amides is 2. The van der Waals surface area contributed by atoms with Crippen molar-refractivity contribution in [2.45, 2.75) is 38.8 Å². The molecule has 1 aromatic carbocycles. The number of carbonyl (C=O) groups is 2. The fourth-order valence-electron chi connectivity index (χ4n) is 2.24. The van der Waals surface area contributed by atoms with E-state index in [9.17, 15) is 14.7 Å². The largest absolute Gasteiger partial charge is 0.508 e. The number of hydrogen-bond acceptors (Lipinski definition) is 5. The molecular weight excluding hydrogens is 334 g/mol. The van der Waals surface area contributed by atoms with E-state index in [-0.39, 0.29) is 12.2 Å². The summed E-state index contributed by atoms with van der Waals surface area (Å²) >= 11 is 0. The van der Waals surface area contributed by atoms with Crippen LogP contribution >= 0.6 is 0 Å². The van der Waals surface area contributed by atoms with Crippen LogP contribution in [0.1, 0.15) is 26.3 Å². The molecule has 2 rings (SSSR count). The number of anilines is 1. The maximum absolute atomic E-state index is 12.6. The highest BCUT2D eigenvalue weighted by Crippen LogP contribution is 2.14. The van der Waals surface area contributed by atoms with E-state index in [1.165, 1.54) is 6.07 Å². The summed E-state index contributed by atoms with van der Waals surface area (Å²) in [5.74, 6) is -0.307. The molecule has 3 N–H and O–H groups in total. The number of rotatable bonds is 5. The first-order valence-corrected chi connectivity index (χ1v) is 8.21. The number of alkyl carbamates (subject to hydrolysis) is 1. The van der Waals surface area contributed by atoms with Crippen molar-refractivity contribution >= 4 is 17.7 Å². The molecule has 0 bridgehead atoms. The number of ether oxygens (including phenoxy) is 1. The van der Waals surface area contributed by atoms with Gasteiger partial charge in [-0.1, -0.05) is 12.1 Å². The second kappa shape index (κ2) is 8.33. The molecule has 0 spiro atoms. The Morgan fingerprint density at radius 3 is 2.50 bits per heavy atom. The van der Waals surface area contributed by atoms with Crippen molar-refractivity contribution in [3.05, 3.63) is 54.4 Å². The molecule has 0 aliphatic rings. The molecule has 1 aromatic heterocycles. The Morgan fingerprint density at radius 2 is 1.88 bits per heavy atom. The second-order valence-corrected chi connectivity index (χ2v) is 6.80. The zero-order valence-corrected chi connectivity index (χ0v) is 15.0. The molecule has 138 valence electrons. The molecule has 7 heteroatoms. The quantitative estimate of drug-likeness (QED) is 0.764. The van der Waals surface area contributed by atoms with Gasteiger partial charge in [0.2, 0.25) is 5.91 Å². The Hall–Kier alpha value is -3.09. The number of phenolic OH excluding ortho intramolecular Hbond substituents is 1. The predicted octanol–water partition coefficient (Wildman–Crippen LogP) is 2.86. The van der Waals surface area contributed by atoms with Gasteiger partial charge in [0.25, 0.3) is 0 Å². The third kappa shape index (κ3) is 6.43. The molecular formula is C19H23N3O4. The van der Waals surface area contributed by atoms with Gasteiger partial charge in [-0.05, 0) is 50.6 Å². The number of hydrogen-bond donors (Lipinski definition) is 3. The van der Waals surface area contributed by atoms with Crippen LogP contribution in [0.4, 0.5) is 10.5 Å². The lowest BCUT2D eigenvalue weighted by atomic mass is 10.0. The SMILES string of the molecule is CC(C)(C)OC(=O)N[C@@H](Cc1cccc(O)c1)C(=O)Nc1ccncc1. The van der Waals surface area contributed by atoms with E-state index in [0.717, 1.165) is 0 Å². The maximum Gasteiger partial charge on any atom is 0.408 e. The highest BCUT2D eigenvalue weighted by molar-refractivity contribution is 5.96. The van der Waals surface area contributed by atoms with Crippen molar-refractivity contribution < 1.29 is 19.4 Å². The van der Waals surface area contributed by atoms with Gasteiger partial charge in [-0.15, -0.1) is 0 Å². The molecule has 26 heavy (non-hydrogen) atoms. The number of phenols is 1. The summed E-state index contributed by atoms with van der Waals surface area (Å²) in [6, 6.07) is 8.95. The van der Waals surface area contributed by atoms with Gasteiger partial charge in [-0.3, -0.25) is 9.78 Å². The minimum atomic E-state index is -0.875. The molecule has 1 heterocycles. The Kier molecular flexibility index (Phi) is 6.16. The van der Waals surface area contributed by atoms with Gasteiger partial charge in [0.15, 0.2) is 0 Å². The number of nitrogens with zero attached hydrogens (tertiary/aromatic N) is 1. The lowest BCUT2D eigenvalue weighted by molar-refractivity contribution is -0.118. The molecule has 0 saturated carbocycles. The number of benzene rings is 1. The Morgan fingerprint density at radius 1 is 1.19 bits per heavy atom. The molecule has 0 saturated heterocycles. The van der Waals surface area contributed by atoms with E-state index in [2.05, 4.69) is 15.6 Å². The van der Waals surface area contributed by atoms with Gasteiger partial charge in [0, 0.05) is 24.5 Å². The van der Waals surface area contributed by atoms with Crippen LogP contribution in [0, 0.1) is 0 Å². The van der Waals surface area contributed by atoms with Crippen molar-refractivity contribution in [2.24, 2.45) is 0 Å². The van der Waals surface area contributed by atoms with Crippen molar-refractivity contribution in [3.63, 3.8) is 0 Å². The van der Waals surface area contributed by atoms with Crippen LogP contribution in [0.25, 0.3) is 0 Å². The van der Waals surface area contributed by atoms with Gasteiger partial charge < -0.3 is 20.5 Å². The molecule has 2 amide bonds. The second-order valence-electron chi connectivity index (χ2n) is 6.80. The summed E-state index contributed by atoms with van der Waals surface area (Å²) in [6.45, 7) is 5.23. The van der Waals surface area contributed by atoms with E-state index in [1.54, 1.807) is 63.5 Å². The summed E-state index contributed by atoms with van der Waals surface area (Å²) < 4.78 is 5.24. The van der Waals surface area contributed by atoms with Gasteiger partial charge in [0.1, 0.15) is 17.4 Å². The summed E-state index contributed by atoms with van der Waals surface area (Å²) in [7, 11) is 0. The van der Waals surface area contributed by atoms with Crippen LogP contribution in [0.5, 0.6) is 5.75 Å². The van der Waals surface area contributed by atoms with Crippen LogP contribution in [0.2, 0.25) is 0 Å². The van der Waals surface area contributed by atoms with Crippen molar-refractivity contribution in [1.82, 2.24) is 10.3 Å². The fourth-order valence-corrected chi connectivity index (χ4v) is 2.24. The van der Waals surface area contributed by atoms with Crippen LogP contribution in [-0.2, 0) is 16.0 Å². The maximum atomic E-state index is 12.6. The van der Waals surface area contributed by atoms with E-state index in [0.29, 0.717) is 11.3 Å². The van der Waals surface area contributed by atoms with Gasteiger partial charge in [0.05, 0.1) is 0 Å². The predicted molar refractivity (Wildman–Crippen MR) is 97.8 cm³/mol. The standard InChI is InChI=1S/C19H23N3O4/c1-19(2,3)26-18(25)22-16(12-13-5-4-6-15(23)11-13)17(24)21-14-7-9-20-10-8-14/h4-11,16,23H,12H2,1-3H3,(H,22,25)(H,20,21,24)/t16-/m0/s1. The van der Waals surface area contributed by atoms with Crippen molar-refractivity contribution in [3.8, 4) is 5.75 Å². The Labute approximate surface area is 152 Å². The van der Waals surface area contributed by atoms with Crippen LogP contribution in [0.3, 0.4) is 0 Å². The Balaban J connectivity index is 2.14. The topological polar surface area (TPSA) is 101 Å². The third-order valence-corrected chi connectivity index (χ3v) is 3.31. The Bertz CT molecular complexity index is 757. The number of aromatic nitrogens is 1. The average molecular weight is 357 g/mol. The highest BCUT2D eigenvalue weighted by Gasteiger charge is 2.25. The molecule has 0 aliphatic heterocycles. The lowest BCUT2D eigenvalue weighted by Crippen LogP contribution is -2.47. The zero-order valence-electron chi connectivity index (χ0n) is 15.0. The smallest absolute Gasteiger partial charge is 0.408 e. The van der Waals surface area contributed by atoms with E-state index in [4.69, 9.17) is 4.74 Å². The van der Waals surface area contributed by atoms with E-state index in [1.807, 2.05) is 0 Å². The minimum absolute atomic E-state index is 0.0908. The number of pyridine rings is 1. The van der Waals surface area contributed by atoms with E-state index >= 15 is 0 Å². The summed E-state index contributed by atoms with van der Waals surface area (Å²) in [5.41, 5.74) is 0.592. The highest BCUT2D eigenvalue weighted by atomic mass is 16.6. The molecule has 7 nitrogen and oxygen atoms in total. The summed E-state index contributed by atoms with van der Waals surface area (Å²) in [4.78, 5) is 28.6. The molecule has 0 aliphatic carbocycles. The van der Waals surface area contributed by atoms with Crippen LogP contribution in [0.15, 0.2) is 48.8 Å². The third-order valence-electron chi connectivity index (χ3n) is 3.31. The first-order valence-electron chi connectivity index (χ1n) is 8.21. The molecule has 0 unspecified atom stereocenters. The van der Waals surface area contributed by atoms with Crippen molar-refractivity contribution in [1.29, 1.82) is 0 Å². The lowest BCUT2D eigenvalue weighted by Gasteiger charge is -2.23. The zero-order chi connectivity index (χ0) is 19.2. The first kappa shape index (κ1) is 19.2. The summed E-state index contributed by atoms with van der Waals surface area (Å²) in [6.07, 6.45) is 2.62. The van der Waals surface area contributed by atoms with Gasteiger partial charge in [-0.2, -0.15) is 0 Å². The van der Waals surface area contributed by atoms with Crippen LogP contribution in [-0.4, -0.2) is 33.7 Å². The summed E-state index contributed by atoms with van der Waals surface area (Å²) in [5, 5.41) is 14.9. The first-order chi connectivity index (χ1) is 12.2. The van der Waals surface area contributed by atoms with E-state index < -0.39 is 23.6 Å². The molecule has 2 aromatic rings. The number of nitrogens with one attached hydrogen (secondary N) is 2. The molecule has 0 fully saturated rings. The average Bonchev–Trinajstić information content (AvgIpc) is 2.53. The fraction of sp³-hybridized carbons (Fsp3) is 0.316. The normalized spacial score (nSPS) is 12.1. The molecule has 0 radical (unpaired) electrons. The van der Waals surface area contributed by atoms with Gasteiger partial charge in [-0.25, -0.2) is 4.79 Å². The monoisotopic (exact) mass is 357 g/mol. The molecule has 1 atom stereocenters. The number of carbonyl (C=O) groups excluding carboxylic acids is 2.